The first-order chi connectivity index (χ1) is 7.19. The van der Waals surface area contributed by atoms with Gasteiger partial charge in [0.15, 0.2) is 5.82 Å². The van der Waals surface area contributed by atoms with Crippen LogP contribution in [0.3, 0.4) is 0 Å². The lowest BCUT2D eigenvalue weighted by atomic mass is 9.70. The van der Waals surface area contributed by atoms with Gasteiger partial charge in [0.2, 0.25) is 0 Å². The molecule has 0 unspecified atom stereocenters. The van der Waals surface area contributed by atoms with E-state index in [4.69, 9.17) is 11.5 Å². The fraction of sp³-hybridized carbons (Fsp3) is 0.545. The van der Waals surface area contributed by atoms with E-state index < -0.39 is 0 Å². The summed E-state index contributed by atoms with van der Waals surface area (Å²) in [6.07, 6.45) is 7.83. The molecule has 1 aromatic heterocycles. The number of nitrogen functional groups attached to an aromatic ring is 2. The molecule has 0 aromatic carbocycles. The lowest BCUT2D eigenvalue weighted by molar-refractivity contribution is 0.360. The minimum absolute atomic E-state index is 0.0561. The molecule has 0 radical (unpaired) electrons. The van der Waals surface area contributed by atoms with Crippen molar-refractivity contribution in [3.63, 3.8) is 0 Å². The molecule has 0 bridgehead atoms. The molecule has 0 amide bonds. The van der Waals surface area contributed by atoms with Crippen LogP contribution in [0.25, 0.3) is 0 Å². The van der Waals surface area contributed by atoms with Crippen molar-refractivity contribution < 1.29 is 0 Å². The van der Waals surface area contributed by atoms with Crippen LogP contribution in [0.15, 0.2) is 12.7 Å². The summed E-state index contributed by atoms with van der Waals surface area (Å²) in [6, 6.07) is 0. The predicted molar refractivity (Wildman–Crippen MR) is 62.4 cm³/mol. The Labute approximate surface area is 89.7 Å². The van der Waals surface area contributed by atoms with Crippen molar-refractivity contribution in [2.24, 2.45) is 0 Å². The number of allylic oxidation sites excluding steroid dienone is 1. The average molecular weight is 206 g/mol. The summed E-state index contributed by atoms with van der Waals surface area (Å²) in [5.41, 5.74) is 12.6. The van der Waals surface area contributed by atoms with Gasteiger partial charge >= 0.3 is 0 Å². The zero-order valence-electron chi connectivity index (χ0n) is 8.92. The Morgan fingerprint density at radius 2 is 1.93 bits per heavy atom. The highest BCUT2D eigenvalue weighted by Gasteiger charge is 2.35. The molecule has 0 aliphatic heterocycles. The van der Waals surface area contributed by atoms with E-state index in [0.29, 0.717) is 11.6 Å². The Morgan fingerprint density at radius 1 is 1.27 bits per heavy atom. The number of nitrogens with zero attached hydrogens (tertiary/aromatic N) is 1. The summed E-state index contributed by atoms with van der Waals surface area (Å²) in [6.45, 7) is 3.94. The van der Waals surface area contributed by atoms with E-state index >= 15 is 0 Å². The van der Waals surface area contributed by atoms with Crippen molar-refractivity contribution in [3.8, 4) is 0 Å². The monoisotopic (exact) mass is 206 g/mol. The Balaban J connectivity index is 2.45. The number of hydrogen-bond acceptors (Lipinski definition) is 3. The highest BCUT2D eigenvalue weighted by atomic mass is 15.2. The largest absolute Gasteiger partial charge is 0.384 e. The zero-order valence-corrected chi connectivity index (χ0v) is 8.92. The van der Waals surface area contributed by atoms with Crippen molar-refractivity contribution in [1.29, 1.82) is 0 Å². The van der Waals surface area contributed by atoms with E-state index in [1.165, 1.54) is 19.3 Å². The van der Waals surface area contributed by atoms with E-state index in [1.807, 2.05) is 6.08 Å². The maximum Gasteiger partial charge on any atom is 0.151 e. The molecule has 0 saturated heterocycles. The number of H-pyrrole nitrogens is 1. The van der Waals surface area contributed by atoms with Crippen molar-refractivity contribution >= 4 is 11.6 Å². The standard InChI is InChI=1S/C11H18N4/c1-2-11(6-4-3-5-7-11)8-9(12)14-15-10(8)13/h2H,1,3-7H2,(H5,12,13,14,15). The van der Waals surface area contributed by atoms with Crippen LogP contribution in [-0.4, -0.2) is 10.2 Å². The fourth-order valence-corrected chi connectivity index (χ4v) is 2.63. The second-order valence-electron chi connectivity index (χ2n) is 4.32. The van der Waals surface area contributed by atoms with E-state index in [2.05, 4.69) is 16.8 Å². The van der Waals surface area contributed by atoms with Gasteiger partial charge in [0.1, 0.15) is 5.82 Å². The first-order valence-electron chi connectivity index (χ1n) is 5.43. The van der Waals surface area contributed by atoms with Gasteiger partial charge in [0.25, 0.3) is 0 Å². The van der Waals surface area contributed by atoms with E-state index in [0.717, 1.165) is 18.4 Å². The minimum atomic E-state index is -0.0561. The van der Waals surface area contributed by atoms with Crippen molar-refractivity contribution in [1.82, 2.24) is 10.2 Å². The fourth-order valence-electron chi connectivity index (χ4n) is 2.63. The number of aromatic amines is 1. The van der Waals surface area contributed by atoms with Gasteiger partial charge in [-0.05, 0) is 12.8 Å². The minimum Gasteiger partial charge on any atom is -0.384 e. The molecule has 1 heterocycles. The quantitative estimate of drug-likeness (QED) is 0.647. The zero-order chi connectivity index (χ0) is 10.9. The van der Waals surface area contributed by atoms with Crippen molar-refractivity contribution in [2.45, 2.75) is 37.5 Å². The molecule has 1 saturated carbocycles. The van der Waals surface area contributed by atoms with Crippen molar-refractivity contribution in [3.05, 3.63) is 18.2 Å². The molecule has 0 atom stereocenters. The Hall–Kier alpha value is -1.45. The summed E-state index contributed by atoms with van der Waals surface area (Å²) < 4.78 is 0. The molecule has 2 rings (SSSR count). The molecule has 4 nitrogen and oxygen atoms in total. The van der Waals surface area contributed by atoms with Gasteiger partial charge in [-0.15, -0.1) is 6.58 Å². The first kappa shape index (κ1) is 10.1. The van der Waals surface area contributed by atoms with Crippen LogP contribution in [-0.2, 0) is 5.41 Å². The third-order valence-electron chi connectivity index (χ3n) is 3.46. The predicted octanol–water partition coefficient (Wildman–Crippen LogP) is 1.96. The van der Waals surface area contributed by atoms with Crippen LogP contribution in [0, 0.1) is 0 Å². The maximum absolute atomic E-state index is 5.89. The summed E-state index contributed by atoms with van der Waals surface area (Å²) in [7, 11) is 0. The molecule has 1 fully saturated rings. The third-order valence-corrected chi connectivity index (χ3v) is 3.46. The number of nitrogens with two attached hydrogens (primary N) is 2. The van der Waals surface area contributed by atoms with Crippen molar-refractivity contribution in [2.75, 3.05) is 11.5 Å². The second kappa shape index (κ2) is 3.61. The number of hydrogen-bond donors (Lipinski definition) is 3. The topological polar surface area (TPSA) is 80.7 Å². The number of anilines is 2. The van der Waals surface area contributed by atoms with Crippen LogP contribution < -0.4 is 11.5 Å². The maximum atomic E-state index is 5.89. The van der Waals surface area contributed by atoms with Gasteiger partial charge in [0, 0.05) is 11.0 Å². The molecule has 15 heavy (non-hydrogen) atoms. The van der Waals surface area contributed by atoms with E-state index in [9.17, 15) is 0 Å². The number of aromatic nitrogens is 2. The van der Waals surface area contributed by atoms with Gasteiger partial charge in [0.05, 0.1) is 0 Å². The molecule has 4 heteroatoms. The van der Waals surface area contributed by atoms with Crippen LogP contribution in [0.1, 0.15) is 37.7 Å². The highest BCUT2D eigenvalue weighted by Crippen LogP contribution is 2.44. The number of nitrogens with one attached hydrogen (secondary N) is 1. The van der Waals surface area contributed by atoms with Crippen LogP contribution >= 0.6 is 0 Å². The van der Waals surface area contributed by atoms with E-state index in [-0.39, 0.29) is 5.41 Å². The lowest BCUT2D eigenvalue weighted by Gasteiger charge is -2.34. The molecule has 5 N–H and O–H groups in total. The third kappa shape index (κ3) is 1.50. The van der Waals surface area contributed by atoms with Gasteiger partial charge in [-0.25, -0.2) is 0 Å². The molecular formula is C11H18N4. The van der Waals surface area contributed by atoms with E-state index in [1.54, 1.807) is 0 Å². The average Bonchev–Trinajstić information content (AvgIpc) is 2.60. The summed E-state index contributed by atoms with van der Waals surface area (Å²) in [5.74, 6) is 1.11. The second-order valence-corrected chi connectivity index (χ2v) is 4.32. The Morgan fingerprint density at radius 3 is 2.40 bits per heavy atom. The Bertz CT molecular complexity index is 341. The molecule has 1 aliphatic carbocycles. The molecular weight excluding hydrogens is 188 g/mol. The lowest BCUT2D eigenvalue weighted by Crippen LogP contribution is -2.27. The van der Waals surface area contributed by atoms with Crippen LogP contribution in [0.5, 0.6) is 0 Å². The molecule has 0 spiro atoms. The molecule has 1 aliphatic rings. The van der Waals surface area contributed by atoms with Gasteiger partial charge in [-0.1, -0.05) is 25.3 Å². The summed E-state index contributed by atoms with van der Waals surface area (Å²) >= 11 is 0. The molecule has 82 valence electrons. The SMILES string of the molecule is C=CC1(c2c(N)n[nH]c2N)CCCCC1. The van der Waals surface area contributed by atoms with Gasteiger partial charge in [-0.2, -0.15) is 5.10 Å². The van der Waals surface area contributed by atoms with Gasteiger partial charge < -0.3 is 11.5 Å². The smallest absolute Gasteiger partial charge is 0.151 e. The van der Waals surface area contributed by atoms with Crippen LogP contribution in [0.2, 0.25) is 0 Å². The number of rotatable bonds is 2. The summed E-state index contributed by atoms with van der Waals surface area (Å²) in [5, 5.41) is 6.71. The normalized spacial score (nSPS) is 20.0. The molecule has 1 aromatic rings. The Kier molecular flexibility index (Phi) is 2.42. The van der Waals surface area contributed by atoms with Crippen LogP contribution in [0.4, 0.5) is 11.6 Å². The highest BCUT2D eigenvalue weighted by molar-refractivity contribution is 5.59. The summed E-state index contributed by atoms with van der Waals surface area (Å²) in [4.78, 5) is 0. The first-order valence-corrected chi connectivity index (χ1v) is 5.43. The van der Waals surface area contributed by atoms with Gasteiger partial charge in [-0.3, -0.25) is 5.10 Å².